The summed E-state index contributed by atoms with van der Waals surface area (Å²) in [5.74, 6) is 2.47. The highest BCUT2D eigenvalue weighted by molar-refractivity contribution is 6.99. The lowest BCUT2D eigenvalue weighted by atomic mass is 9.96. The van der Waals surface area contributed by atoms with Crippen molar-refractivity contribution in [2.45, 2.75) is 75.3 Å². The summed E-state index contributed by atoms with van der Waals surface area (Å²) < 4.78 is 22.0. The molecule has 3 fully saturated rings. The highest BCUT2D eigenvalue weighted by Gasteiger charge is 2.62. The average molecular weight is 462 g/mol. The van der Waals surface area contributed by atoms with Gasteiger partial charge in [-0.1, -0.05) is 87.4 Å². The van der Waals surface area contributed by atoms with Crippen LogP contribution in [0.1, 0.15) is 46.5 Å². The quantitative estimate of drug-likeness (QED) is 0.497. The highest BCUT2D eigenvalue weighted by Crippen LogP contribution is 2.51. The lowest BCUT2D eigenvalue weighted by Gasteiger charge is -2.47. The zero-order chi connectivity index (χ0) is 23.4. The third kappa shape index (κ3) is 3.46. The van der Waals surface area contributed by atoms with Gasteiger partial charge in [-0.25, -0.2) is 4.39 Å². The van der Waals surface area contributed by atoms with Crippen molar-refractivity contribution in [2.75, 3.05) is 0 Å². The Bertz CT molecular complexity index is 1030. The maximum atomic E-state index is 14.7. The fourth-order valence-corrected chi connectivity index (χ4v) is 10.8. The van der Waals surface area contributed by atoms with Crippen molar-refractivity contribution in [1.29, 1.82) is 0 Å². The normalized spacial score (nSPS) is 27.9. The van der Waals surface area contributed by atoms with Gasteiger partial charge < -0.3 is 9.33 Å². The van der Waals surface area contributed by atoms with Gasteiger partial charge in [-0.15, -0.1) is 6.42 Å². The predicted molar refractivity (Wildman–Crippen MR) is 132 cm³/mol. The average Bonchev–Trinajstić information content (AvgIpc) is 3.29. The van der Waals surface area contributed by atoms with Crippen LogP contribution in [0.5, 0.6) is 0 Å². The fourth-order valence-electron chi connectivity index (χ4n) is 6.10. The van der Waals surface area contributed by atoms with Crippen LogP contribution in [0.25, 0.3) is 0 Å². The molecule has 1 saturated heterocycles. The van der Waals surface area contributed by atoms with Gasteiger partial charge in [-0.05, 0) is 41.1 Å². The number of alkyl halides is 1. The van der Waals surface area contributed by atoms with E-state index in [4.69, 9.17) is 10.8 Å². The van der Waals surface area contributed by atoms with Crippen LogP contribution in [-0.4, -0.2) is 43.0 Å². The molecule has 4 atom stereocenters. The van der Waals surface area contributed by atoms with Gasteiger partial charge in [0.2, 0.25) is 0 Å². The number of carbonyl (C=O) groups excluding carboxylic acids is 1. The number of fused-ring (bicyclic) bond motifs is 2. The largest absolute Gasteiger partial charge is 0.404 e. The number of halogens is 1. The van der Waals surface area contributed by atoms with Gasteiger partial charge in [0.1, 0.15) is 0 Å². The summed E-state index contributed by atoms with van der Waals surface area (Å²) in [6.07, 6.45) is 8.03. The first-order valence-corrected chi connectivity index (χ1v) is 13.9. The van der Waals surface area contributed by atoms with Crippen LogP contribution in [0.3, 0.4) is 0 Å². The zero-order valence-electron chi connectivity index (χ0n) is 19.6. The predicted octanol–water partition coefficient (Wildman–Crippen LogP) is 4.06. The first-order valence-electron chi connectivity index (χ1n) is 12.0. The molecule has 2 aliphatic carbocycles. The summed E-state index contributed by atoms with van der Waals surface area (Å²) in [7, 11) is -2.71. The lowest BCUT2D eigenvalue weighted by Crippen LogP contribution is -2.68. The van der Waals surface area contributed by atoms with E-state index < -0.39 is 25.9 Å². The summed E-state index contributed by atoms with van der Waals surface area (Å²) in [4.78, 5) is 14.6. The van der Waals surface area contributed by atoms with E-state index in [-0.39, 0.29) is 23.1 Å². The Morgan fingerprint density at radius 1 is 1.06 bits per heavy atom. The molecule has 33 heavy (non-hydrogen) atoms. The topological polar surface area (TPSA) is 29.5 Å². The molecule has 5 heteroatoms. The van der Waals surface area contributed by atoms with E-state index in [1.54, 1.807) is 4.90 Å². The van der Waals surface area contributed by atoms with E-state index in [2.05, 4.69) is 75.2 Å². The smallest absolute Gasteiger partial charge is 0.261 e. The zero-order valence-corrected chi connectivity index (χ0v) is 20.6. The molecule has 0 spiro atoms. The number of terminal acetylenes is 1. The van der Waals surface area contributed by atoms with Crippen LogP contribution in [0.4, 0.5) is 4.39 Å². The number of likely N-dealkylation sites (tertiary alicyclic amines) is 1. The van der Waals surface area contributed by atoms with Crippen molar-refractivity contribution in [3.8, 4) is 12.3 Å². The maximum absolute atomic E-state index is 14.7. The Kier molecular flexibility index (Phi) is 5.30. The third-order valence-corrected chi connectivity index (χ3v) is 12.9. The van der Waals surface area contributed by atoms with Crippen LogP contribution < -0.4 is 10.4 Å². The molecule has 1 amide bonds. The van der Waals surface area contributed by atoms with E-state index in [0.717, 1.165) is 12.8 Å². The third-order valence-electron chi connectivity index (χ3n) is 7.85. The molecule has 3 aliphatic rings. The number of nitrogens with zero attached hydrogens (tertiary/aromatic N) is 1. The van der Waals surface area contributed by atoms with Crippen molar-refractivity contribution in [3.05, 3.63) is 60.7 Å². The minimum atomic E-state index is -2.71. The van der Waals surface area contributed by atoms with Crippen LogP contribution in [0.2, 0.25) is 5.04 Å². The van der Waals surface area contributed by atoms with Gasteiger partial charge >= 0.3 is 0 Å². The molecule has 2 saturated carbocycles. The van der Waals surface area contributed by atoms with Crippen LogP contribution >= 0.6 is 0 Å². The van der Waals surface area contributed by atoms with E-state index in [1.165, 1.54) is 10.4 Å². The molecule has 0 unspecified atom stereocenters. The highest BCUT2D eigenvalue weighted by atomic mass is 28.4. The summed E-state index contributed by atoms with van der Waals surface area (Å²) >= 11 is 0. The van der Waals surface area contributed by atoms with Crippen LogP contribution in [-0.2, 0) is 9.22 Å². The minimum Gasteiger partial charge on any atom is -0.404 e. The summed E-state index contributed by atoms with van der Waals surface area (Å²) in [6.45, 7) is 6.79. The number of carbonyl (C=O) groups is 1. The van der Waals surface area contributed by atoms with Crippen molar-refractivity contribution in [1.82, 2.24) is 4.90 Å². The van der Waals surface area contributed by atoms with Crippen molar-refractivity contribution in [2.24, 2.45) is 5.92 Å². The van der Waals surface area contributed by atoms with Gasteiger partial charge in [-0.3, -0.25) is 4.79 Å². The Balaban J connectivity index is 1.53. The molecule has 1 heterocycles. The molecule has 1 aliphatic heterocycles. The molecule has 172 valence electrons. The van der Waals surface area contributed by atoms with Crippen molar-refractivity contribution in [3.63, 3.8) is 0 Å². The molecule has 2 bridgehead atoms. The molecule has 5 rings (SSSR count). The molecule has 0 radical (unpaired) electrons. The maximum Gasteiger partial charge on any atom is 0.261 e. The van der Waals surface area contributed by atoms with Crippen molar-refractivity contribution < 1.29 is 13.6 Å². The minimum absolute atomic E-state index is 0.0351. The summed E-state index contributed by atoms with van der Waals surface area (Å²) in [6, 6.07) is 20.7. The number of piperidine rings is 1. The SMILES string of the molecule is C#C[C@H]1[C@H]2C[C@H](C[C@@H]2O[Si](c2ccccc2)(c2ccccc2)C(C)(C)C)N1C(=O)C1(F)CC1. The second kappa shape index (κ2) is 7.82. The number of rotatable bonds is 5. The van der Waals surface area contributed by atoms with Gasteiger partial charge in [-0.2, -0.15) is 0 Å². The first-order chi connectivity index (χ1) is 15.7. The number of benzene rings is 2. The van der Waals surface area contributed by atoms with Crippen LogP contribution in [0.15, 0.2) is 60.7 Å². The van der Waals surface area contributed by atoms with Gasteiger partial charge in [0.25, 0.3) is 14.2 Å². The van der Waals surface area contributed by atoms with Crippen LogP contribution in [0, 0.1) is 18.3 Å². The molecule has 0 N–H and O–H groups in total. The van der Waals surface area contributed by atoms with E-state index >= 15 is 0 Å². The molecule has 3 nitrogen and oxygen atoms in total. The number of hydrogen-bond acceptors (Lipinski definition) is 2. The fraction of sp³-hybridized carbons (Fsp3) is 0.464. The summed E-state index contributed by atoms with van der Waals surface area (Å²) in [5, 5.41) is 2.34. The molecule has 2 aromatic rings. The van der Waals surface area contributed by atoms with Crippen molar-refractivity contribution >= 4 is 24.6 Å². The number of amides is 1. The molecular formula is C28H32FNO2Si. The van der Waals surface area contributed by atoms with Gasteiger partial charge in [0.15, 0.2) is 5.67 Å². The van der Waals surface area contributed by atoms with E-state index in [1.807, 2.05) is 12.1 Å². The van der Waals surface area contributed by atoms with Gasteiger partial charge in [0.05, 0.1) is 12.1 Å². The molecular weight excluding hydrogens is 429 g/mol. The molecule has 0 aromatic heterocycles. The molecule has 2 aromatic carbocycles. The standard InChI is InChI=1S/C28H32FNO2Si/c1-5-24-23-18-20(30(24)26(31)28(29)16-17-28)19-25(23)32-33(27(2,3)4,21-12-8-6-9-13-21)22-14-10-7-11-15-22/h1,6-15,20,23-25H,16-19H2,2-4H3/t20-,23-,24+,25+/m1/s1. The Morgan fingerprint density at radius 3 is 2.06 bits per heavy atom. The lowest BCUT2D eigenvalue weighted by molar-refractivity contribution is -0.142. The van der Waals surface area contributed by atoms with E-state index in [0.29, 0.717) is 12.8 Å². The summed E-state index contributed by atoms with van der Waals surface area (Å²) in [5.41, 5.74) is -1.69. The Labute approximate surface area is 197 Å². The number of hydrogen-bond donors (Lipinski definition) is 0. The second-order valence-corrected chi connectivity index (χ2v) is 15.2. The monoisotopic (exact) mass is 461 g/mol. The van der Waals surface area contributed by atoms with E-state index in [9.17, 15) is 9.18 Å². The Morgan fingerprint density at radius 2 is 1.61 bits per heavy atom. The second-order valence-electron chi connectivity index (χ2n) is 10.9. The first kappa shape index (κ1) is 22.4. The van der Waals surface area contributed by atoms with Gasteiger partial charge in [0, 0.05) is 12.0 Å². The Hall–Kier alpha value is -2.42.